The summed E-state index contributed by atoms with van der Waals surface area (Å²) in [5.41, 5.74) is 11.6. The topological polar surface area (TPSA) is 69.9 Å². The second kappa shape index (κ2) is 12.3. The van der Waals surface area contributed by atoms with Crippen LogP contribution in [0.2, 0.25) is 0 Å². The molecular weight excluding hydrogens is 701 g/mol. The van der Waals surface area contributed by atoms with Crippen LogP contribution in [-0.2, 0) is 0 Å². The Morgan fingerprint density at radius 1 is 0.333 bits per heavy atom. The van der Waals surface area contributed by atoms with Crippen molar-refractivity contribution in [2.75, 3.05) is 0 Å². The molecule has 0 saturated carbocycles. The Morgan fingerprint density at radius 3 is 1.82 bits per heavy atom. The zero-order chi connectivity index (χ0) is 37.5. The molecule has 0 aliphatic heterocycles. The standard InChI is InChI=1S/C51H30N4O2/c1-3-12-31(13-4-1)49-52-50(54-51(53-49)40-18-11-21-46-48(40)39-17-8-10-20-44(39)56-46)34-23-26-38-41-28-32(24-27-45(41)57-47(38)30-34)33-22-25-37-36-16-7-9-19-42(36)55(43(37)29-33)35-14-5-2-6-15-35/h1-30H. The molecule has 12 aromatic rings. The fourth-order valence-electron chi connectivity index (χ4n) is 8.40. The van der Waals surface area contributed by atoms with Crippen LogP contribution in [-0.4, -0.2) is 19.5 Å². The number of hydrogen-bond acceptors (Lipinski definition) is 5. The van der Waals surface area contributed by atoms with E-state index in [1.54, 1.807) is 0 Å². The molecule has 0 spiro atoms. The van der Waals surface area contributed by atoms with E-state index in [-0.39, 0.29) is 0 Å². The number of hydrogen-bond donors (Lipinski definition) is 0. The molecule has 4 aromatic heterocycles. The van der Waals surface area contributed by atoms with Gasteiger partial charge < -0.3 is 13.4 Å². The number of furan rings is 2. The molecule has 6 nitrogen and oxygen atoms in total. The van der Waals surface area contributed by atoms with Gasteiger partial charge in [-0.15, -0.1) is 0 Å². The third-order valence-electron chi connectivity index (χ3n) is 11.1. The molecule has 0 atom stereocenters. The first-order valence-electron chi connectivity index (χ1n) is 19.0. The minimum Gasteiger partial charge on any atom is -0.456 e. The second-order valence-corrected chi connectivity index (χ2v) is 14.4. The number of fused-ring (bicyclic) bond motifs is 9. The minimum absolute atomic E-state index is 0.564. The summed E-state index contributed by atoms with van der Waals surface area (Å²) in [6, 6.07) is 62.8. The van der Waals surface area contributed by atoms with Gasteiger partial charge in [0.05, 0.1) is 11.0 Å². The highest BCUT2D eigenvalue weighted by Crippen LogP contribution is 2.39. The van der Waals surface area contributed by atoms with Crippen molar-refractivity contribution in [2.45, 2.75) is 0 Å². The fourth-order valence-corrected chi connectivity index (χ4v) is 8.40. The maximum Gasteiger partial charge on any atom is 0.164 e. The predicted octanol–water partition coefficient (Wildman–Crippen LogP) is 13.4. The zero-order valence-corrected chi connectivity index (χ0v) is 30.4. The van der Waals surface area contributed by atoms with Gasteiger partial charge >= 0.3 is 0 Å². The molecule has 0 aliphatic carbocycles. The summed E-state index contributed by atoms with van der Waals surface area (Å²) >= 11 is 0. The first kappa shape index (κ1) is 31.5. The summed E-state index contributed by atoms with van der Waals surface area (Å²) in [4.78, 5) is 15.2. The zero-order valence-electron chi connectivity index (χ0n) is 30.4. The van der Waals surface area contributed by atoms with Gasteiger partial charge in [-0.1, -0.05) is 121 Å². The molecule has 0 radical (unpaired) electrons. The van der Waals surface area contributed by atoms with Crippen molar-refractivity contribution in [3.8, 4) is 51.0 Å². The van der Waals surface area contributed by atoms with E-state index < -0.39 is 0 Å². The van der Waals surface area contributed by atoms with E-state index >= 15 is 0 Å². The number of nitrogens with zero attached hydrogens (tertiary/aromatic N) is 4. The van der Waals surface area contributed by atoms with E-state index in [0.717, 1.165) is 77.4 Å². The van der Waals surface area contributed by atoms with Crippen LogP contribution in [0.25, 0.3) is 117 Å². The Kier molecular flexibility index (Phi) is 6.83. The van der Waals surface area contributed by atoms with Crippen molar-refractivity contribution in [1.82, 2.24) is 19.5 Å². The quantitative estimate of drug-likeness (QED) is 0.176. The van der Waals surface area contributed by atoms with Crippen LogP contribution >= 0.6 is 0 Å². The van der Waals surface area contributed by atoms with E-state index in [9.17, 15) is 0 Å². The first-order valence-corrected chi connectivity index (χ1v) is 19.0. The van der Waals surface area contributed by atoms with E-state index in [1.807, 2.05) is 66.7 Å². The van der Waals surface area contributed by atoms with Crippen LogP contribution < -0.4 is 0 Å². The second-order valence-electron chi connectivity index (χ2n) is 14.4. The third kappa shape index (κ3) is 5.01. The fraction of sp³-hybridized carbons (Fsp3) is 0. The van der Waals surface area contributed by atoms with E-state index in [0.29, 0.717) is 17.5 Å². The lowest BCUT2D eigenvalue weighted by atomic mass is 10.0. The SMILES string of the molecule is c1ccc(-c2nc(-c3ccc4c(c3)oc3ccc(-c5ccc6c7ccccc7n(-c7ccccc7)c6c5)cc34)nc(-c3cccc4oc5ccccc5c34)n2)cc1. The smallest absolute Gasteiger partial charge is 0.164 e. The summed E-state index contributed by atoms with van der Waals surface area (Å²) in [6.07, 6.45) is 0. The van der Waals surface area contributed by atoms with Gasteiger partial charge in [0.25, 0.3) is 0 Å². The van der Waals surface area contributed by atoms with Crippen molar-refractivity contribution >= 4 is 65.7 Å². The summed E-state index contributed by atoms with van der Waals surface area (Å²) in [6.45, 7) is 0. The Hall–Kier alpha value is -7.83. The van der Waals surface area contributed by atoms with Gasteiger partial charge in [-0.05, 0) is 71.8 Å². The molecule has 0 saturated heterocycles. The number of aromatic nitrogens is 4. The molecule has 57 heavy (non-hydrogen) atoms. The maximum absolute atomic E-state index is 6.53. The largest absolute Gasteiger partial charge is 0.456 e. The third-order valence-corrected chi connectivity index (χ3v) is 11.1. The lowest BCUT2D eigenvalue weighted by Crippen LogP contribution is -2.00. The van der Waals surface area contributed by atoms with E-state index in [4.69, 9.17) is 23.8 Å². The molecular formula is C51H30N4O2. The maximum atomic E-state index is 6.53. The van der Waals surface area contributed by atoms with Crippen LogP contribution in [0.1, 0.15) is 0 Å². The Balaban J connectivity index is 0.989. The van der Waals surface area contributed by atoms with Gasteiger partial charge in [-0.2, -0.15) is 0 Å². The highest BCUT2D eigenvalue weighted by molar-refractivity contribution is 6.13. The molecule has 12 rings (SSSR count). The molecule has 8 aromatic carbocycles. The number of rotatable bonds is 5. The van der Waals surface area contributed by atoms with Crippen molar-refractivity contribution in [1.29, 1.82) is 0 Å². The number of benzene rings is 8. The molecule has 0 fully saturated rings. The minimum atomic E-state index is 0.564. The van der Waals surface area contributed by atoms with E-state index in [1.165, 1.54) is 21.8 Å². The van der Waals surface area contributed by atoms with Crippen LogP contribution in [0, 0.1) is 0 Å². The van der Waals surface area contributed by atoms with Crippen molar-refractivity contribution in [3.05, 3.63) is 182 Å². The van der Waals surface area contributed by atoms with Crippen molar-refractivity contribution in [2.24, 2.45) is 0 Å². The summed E-state index contributed by atoms with van der Waals surface area (Å²) in [5, 5.41) is 6.55. The van der Waals surface area contributed by atoms with Gasteiger partial charge in [0.1, 0.15) is 22.3 Å². The van der Waals surface area contributed by atoms with Gasteiger partial charge in [-0.25, -0.2) is 15.0 Å². The first-order chi connectivity index (χ1) is 28.2. The lowest BCUT2D eigenvalue weighted by molar-refractivity contribution is 0.668. The summed E-state index contributed by atoms with van der Waals surface area (Å²) in [7, 11) is 0. The average molecular weight is 731 g/mol. The molecule has 0 bridgehead atoms. The molecule has 0 N–H and O–H groups in total. The van der Waals surface area contributed by atoms with Crippen LogP contribution in [0.15, 0.2) is 191 Å². The predicted molar refractivity (Wildman–Crippen MR) is 230 cm³/mol. The molecule has 0 unspecified atom stereocenters. The summed E-state index contributed by atoms with van der Waals surface area (Å²) in [5.74, 6) is 1.74. The monoisotopic (exact) mass is 730 g/mol. The molecule has 266 valence electrons. The van der Waals surface area contributed by atoms with Crippen LogP contribution in [0.4, 0.5) is 0 Å². The van der Waals surface area contributed by atoms with Gasteiger partial charge in [-0.3, -0.25) is 0 Å². The van der Waals surface area contributed by atoms with Crippen molar-refractivity contribution in [3.63, 3.8) is 0 Å². The Labute approximate surface area is 325 Å². The highest BCUT2D eigenvalue weighted by Gasteiger charge is 2.19. The van der Waals surface area contributed by atoms with Gasteiger partial charge in [0.2, 0.25) is 0 Å². The molecule has 6 heteroatoms. The van der Waals surface area contributed by atoms with Crippen LogP contribution in [0.5, 0.6) is 0 Å². The van der Waals surface area contributed by atoms with Crippen molar-refractivity contribution < 1.29 is 8.83 Å². The molecule has 0 aliphatic rings. The lowest BCUT2D eigenvalue weighted by Gasteiger charge is -2.09. The molecule has 0 amide bonds. The Bertz CT molecular complexity index is 3530. The van der Waals surface area contributed by atoms with Gasteiger partial charge in [0.15, 0.2) is 17.5 Å². The van der Waals surface area contributed by atoms with Crippen LogP contribution in [0.3, 0.4) is 0 Å². The summed E-state index contributed by atoms with van der Waals surface area (Å²) < 4.78 is 15.1. The highest BCUT2D eigenvalue weighted by atomic mass is 16.3. The average Bonchev–Trinajstić information content (AvgIpc) is 3.95. The normalized spacial score (nSPS) is 11.9. The number of para-hydroxylation sites is 3. The Morgan fingerprint density at radius 2 is 0.947 bits per heavy atom. The van der Waals surface area contributed by atoms with Gasteiger partial charge in [0, 0.05) is 54.7 Å². The molecule has 4 heterocycles. The van der Waals surface area contributed by atoms with E-state index in [2.05, 4.69) is 120 Å².